The van der Waals surface area contributed by atoms with Gasteiger partial charge >= 0.3 is 0 Å². The highest BCUT2D eigenvalue weighted by atomic mass is 32.1. The monoisotopic (exact) mass is 426 g/mol. The van der Waals surface area contributed by atoms with Crippen LogP contribution in [0.25, 0.3) is 10.1 Å². The van der Waals surface area contributed by atoms with Gasteiger partial charge < -0.3 is 10.5 Å². The predicted octanol–water partition coefficient (Wildman–Crippen LogP) is 3.10. The maximum absolute atomic E-state index is 12.4. The first-order valence-electron chi connectivity index (χ1n) is 9.37. The zero-order chi connectivity index (χ0) is 21.7. The summed E-state index contributed by atoms with van der Waals surface area (Å²) >= 11 is 1.40. The SMILES string of the molecule is CCc1sc2cccc(OCC(=O)N(C)OCc3ccccc3)c2c1C(=O)C(N)=O. The Hall–Kier alpha value is -3.23. The molecule has 0 spiro atoms. The van der Waals surface area contributed by atoms with Crippen molar-refractivity contribution < 1.29 is 24.0 Å². The fourth-order valence-corrected chi connectivity index (χ4v) is 4.10. The smallest absolute Gasteiger partial charge is 0.289 e. The molecule has 0 saturated carbocycles. The van der Waals surface area contributed by atoms with E-state index in [2.05, 4.69) is 0 Å². The summed E-state index contributed by atoms with van der Waals surface area (Å²) in [6.07, 6.45) is 0.572. The highest BCUT2D eigenvalue weighted by molar-refractivity contribution is 7.19. The summed E-state index contributed by atoms with van der Waals surface area (Å²) in [5.41, 5.74) is 6.42. The van der Waals surface area contributed by atoms with Crippen LogP contribution in [0.1, 0.15) is 27.7 Å². The number of primary amides is 1. The van der Waals surface area contributed by atoms with Crippen molar-refractivity contribution in [2.24, 2.45) is 5.73 Å². The van der Waals surface area contributed by atoms with E-state index >= 15 is 0 Å². The molecule has 0 bridgehead atoms. The quantitative estimate of drug-likeness (QED) is 0.322. The second-order valence-electron chi connectivity index (χ2n) is 6.52. The van der Waals surface area contributed by atoms with E-state index in [1.807, 2.05) is 43.3 Å². The Morgan fingerprint density at radius 1 is 1.07 bits per heavy atom. The van der Waals surface area contributed by atoms with E-state index in [0.717, 1.165) is 20.2 Å². The number of amides is 2. The second-order valence-corrected chi connectivity index (χ2v) is 7.65. The molecule has 0 aliphatic carbocycles. The molecule has 0 fully saturated rings. The van der Waals surface area contributed by atoms with Gasteiger partial charge in [-0.15, -0.1) is 11.3 Å². The maximum atomic E-state index is 12.4. The van der Waals surface area contributed by atoms with Crippen LogP contribution in [-0.2, 0) is 27.5 Å². The number of nitrogens with zero attached hydrogens (tertiary/aromatic N) is 1. The molecule has 3 aromatic rings. The molecule has 30 heavy (non-hydrogen) atoms. The molecule has 8 heteroatoms. The van der Waals surface area contributed by atoms with E-state index in [0.29, 0.717) is 17.6 Å². The average molecular weight is 426 g/mol. The number of carbonyl (C=O) groups is 3. The fourth-order valence-electron chi connectivity index (χ4n) is 2.95. The summed E-state index contributed by atoms with van der Waals surface area (Å²) < 4.78 is 6.50. The Labute approximate surface area is 177 Å². The topological polar surface area (TPSA) is 98.9 Å². The Bertz CT molecular complexity index is 1080. The Morgan fingerprint density at radius 2 is 1.80 bits per heavy atom. The van der Waals surface area contributed by atoms with Crippen LogP contribution < -0.4 is 10.5 Å². The number of Topliss-reactive ketones (excluding diaryl/α,β-unsaturated/α-hetero) is 1. The molecular formula is C22H22N2O5S. The summed E-state index contributed by atoms with van der Waals surface area (Å²) in [7, 11) is 1.51. The van der Waals surface area contributed by atoms with Gasteiger partial charge in [-0.1, -0.05) is 43.3 Å². The third-order valence-electron chi connectivity index (χ3n) is 4.49. The van der Waals surface area contributed by atoms with Crippen molar-refractivity contribution in [1.82, 2.24) is 5.06 Å². The number of hydrogen-bond donors (Lipinski definition) is 1. The number of ether oxygens (including phenoxy) is 1. The first-order valence-corrected chi connectivity index (χ1v) is 10.2. The van der Waals surface area contributed by atoms with Crippen LogP contribution in [0.2, 0.25) is 0 Å². The van der Waals surface area contributed by atoms with Gasteiger partial charge in [-0.05, 0) is 24.1 Å². The molecule has 0 atom stereocenters. The molecule has 7 nitrogen and oxygen atoms in total. The molecule has 2 amide bonds. The maximum Gasteiger partial charge on any atom is 0.289 e. The Kier molecular flexibility index (Phi) is 6.81. The molecule has 0 unspecified atom stereocenters. The lowest BCUT2D eigenvalue weighted by atomic mass is 10.0. The number of benzene rings is 2. The number of carbonyl (C=O) groups excluding carboxylic acids is 3. The number of fused-ring (bicyclic) bond motifs is 1. The van der Waals surface area contributed by atoms with Crippen LogP contribution in [0.4, 0.5) is 0 Å². The van der Waals surface area contributed by atoms with E-state index in [4.69, 9.17) is 15.3 Å². The van der Waals surface area contributed by atoms with Crippen LogP contribution in [-0.4, -0.2) is 36.3 Å². The van der Waals surface area contributed by atoms with Crippen molar-refractivity contribution in [3.05, 3.63) is 64.5 Å². The van der Waals surface area contributed by atoms with Gasteiger partial charge in [0.05, 0.1) is 5.56 Å². The van der Waals surface area contributed by atoms with E-state index < -0.39 is 17.6 Å². The molecule has 1 heterocycles. The molecule has 0 aliphatic rings. The largest absolute Gasteiger partial charge is 0.483 e. The molecule has 0 saturated heterocycles. The first kappa shape index (κ1) is 21.5. The molecule has 2 aromatic carbocycles. The summed E-state index contributed by atoms with van der Waals surface area (Å²) in [5, 5.41) is 1.62. The van der Waals surface area contributed by atoms with Gasteiger partial charge in [0.15, 0.2) is 6.61 Å². The summed E-state index contributed by atoms with van der Waals surface area (Å²) in [6, 6.07) is 14.7. The van der Waals surface area contributed by atoms with E-state index in [-0.39, 0.29) is 18.8 Å². The van der Waals surface area contributed by atoms with Gasteiger partial charge in [-0.25, -0.2) is 5.06 Å². The lowest BCUT2D eigenvalue weighted by molar-refractivity contribution is -0.184. The normalized spacial score (nSPS) is 10.7. The van der Waals surface area contributed by atoms with Crippen molar-refractivity contribution in [1.29, 1.82) is 0 Å². The highest BCUT2D eigenvalue weighted by Gasteiger charge is 2.24. The third-order valence-corrected chi connectivity index (χ3v) is 5.79. The minimum Gasteiger partial charge on any atom is -0.483 e. The van der Waals surface area contributed by atoms with Gasteiger partial charge in [0, 0.05) is 22.0 Å². The van der Waals surface area contributed by atoms with E-state index in [1.165, 1.54) is 18.4 Å². The summed E-state index contributed by atoms with van der Waals surface area (Å²) in [6.45, 7) is 1.86. The van der Waals surface area contributed by atoms with Gasteiger partial charge in [-0.2, -0.15) is 0 Å². The molecule has 156 valence electrons. The van der Waals surface area contributed by atoms with Crippen molar-refractivity contribution in [2.45, 2.75) is 20.0 Å². The number of hydrogen-bond acceptors (Lipinski definition) is 6. The van der Waals surface area contributed by atoms with Crippen LogP contribution >= 0.6 is 11.3 Å². The molecule has 0 radical (unpaired) electrons. The van der Waals surface area contributed by atoms with Gasteiger partial charge in [0.2, 0.25) is 0 Å². The number of aryl methyl sites for hydroxylation is 1. The molecule has 0 aliphatic heterocycles. The van der Waals surface area contributed by atoms with Crippen molar-refractivity contribution in [2.75, 3.05) is 13.7 Å². The van der Waals surface area contributed by atoms with E-state index in [1.54, 1.807) is 12.1 Å². The minimum atomic E-state index is -1.02. The lowest BCUT2D eigenvalue weighted by Gasteiger charge is -2.17. The number of rotatable bonds is 9. The number of thiophene rings is 1. The number of nitrogens with two attached hydrogens (primary N) is 1. The van der Waals surface area contributed by atoms with E-state index in [9.17, 15) is 14.4 Å². The third kappa shape index (κ3) is 4.67. The van der Waals surface area contributed by atoms with Gasteiger partial charge in [0.1, 0.15) is 12.4 Å². The van der Waals surface area contributed by atoms with Crippen LogP contribution in [0.5, 0.6) is 5.75 Å². The highest BCUT2D eigenvalue weighted by Crippen LogP contribution is 2.38. The van der Waals surface area contributed by atoms with Crippen LogP contribution in [0.15, 0.2) is 48.5 Å². The standard InChI is InChI=1S/C22H22N2O5S/c1-3-16-20(21(26)22(23)27)19-15(10-7-11-17(19)30-16)28-13-18(25)24(2)29-12-14-8-5-4-6-9-14/h4-11H,3,12-13H2,1-2H3,(H2,23,27). The Morgan fingerprint density at radius 3 is 2.47 bits per heavy atom. The van der Waals surface area contributed by atoms with Crippen LogP contribution in [0.3, 0.4) is 0 Å². The van der Waals surface area contributed by atoms with Gasteiger partial charge in [-0.3, -0.25) is 19.2 Å². The number of hydroxylamine groups is 2. The Balaban J connectivity index is 1.75. The predicted molar refractivity (Wildman–Crippen MR) is 114 cm³/mol. The summed E-state index contributed by atoms with van der Waals surface area (Å²) in [4.78, 5) is 42.5. The number of likely N-dealkylation sites (N-methyl/N-ethyl adjacent to an activating group) is 1. The summed E-state index contributed by atoms with van der Waals surface area (Å²) in [5.74, 6) is -1.83. The number of ketones is 1. The molecular weight excluding hydrogens is 404 g/mol. The molecule has 3 rings (SSSR count). The average Bonchev–Trinajstić information content (AvgIpc) is 3.15. The van der Waals surface area contributed by atoms with Crippen LogP contribution in [0, 0.1) is 0 Å². The minimum absolute atomic E-state index is 0.250. The lowest BCUT2D eigenvalue weighted by Crippen LogP contribution is -2.31. The zero-order valence-corrected chi connectivity index (χ0v) is 17.5. The molecule has 2 N–H and O–H groups in total. The first-order chi connectivity index (χ1) is 14.4. The molecule has 1 aromatic heterocycles. The van der Waals surface area contributed by atoms with Crippen molar-refractivity contribution in [3.63, 3.8) is 0 Å². The van der Waals surface area contributed by atoms with Crippen molar-refractivity contribution in [3.8, 4) is 5.75 Å². The fraction of sp³-hybridized carbons (Fsp3) is 0.227. The van der Waals surface area contributed by atoms with Crippen molar-refractivity contribution >= 4 is 39.0 Å². The van der Waals surface area contributed by atoms with Gasteiger partial charge in [0.25, 0.3) is 17.6 Å². The zero-order valence-electron chi connectivity index (χ0n) is 16.7. The second kappa shape index (κ2) is 9.51.